The van der Waals surface area contributed by atoms with E-state index in [-0.39, 0.29) is 0 Å². The summed E-state index contributed by atoms with van der Waals surface area (Å²) in [7, 11) is 0. The molecule has 0 aromatic heterocycles. The summed E-state index contributed by atoms with van der Waals surface area (Å²) in [4.78, 5) is 2.81. The number of hydrogen-bond donors (Lipinski definition) is 1. The number of rotatable bonds is 3. The molecule has 100 valence electrons. The topological polar surface area (TPSA) is 15.3 Å². The van der Waals surface area contributed by atoms with Gasteiger partial charge in [0.05, 0.1) is 0 Å². The average molecular weight is 238 g/mol. The van der Waals surface area contributed by atoms with Gasteiger partial charge in [-0.3, -0.25) is 4.90 Å². The Labute approximate surface area is 107 Å². The van der Waals surface area contributed by atoms with E-state index in [1.165, 1.54) is 19.5 Å². The largest absolute Gasteiger partial charge is 0.311 e. The van der Waals surface area contributed by atoms with Crippen LogP contribution < -0.4 is 5.32 Å². The average Bonchev–Trinajstić information content (AvgIpc) is 2.86. The molecule has 1 saturated carbocycles. The minimum atomic E-state index is 0.562. The van der Waals surface area contributed by atoms with Crippen molar-refractivity contribution in [1.82, 2.24) is 10.2 Å². The Kier molecular flexibility index (Phi) is 3.57. The van der Waals surface area contributed by atoms with Crippen LogP contribution in [-0.2, 0) is 0 Å². The molecule has 3 unspecified atom stereocenters. The number of piperazine rings is 1. The van der Waals surface area contributed by atoms with Gasteiger partial charge in [-0.15, -0.1) is 0 Å². The molecular weight excluding hydrogens is 208 g/mol. The van der Waals surface area contributed by atoms with Gasteiger partial charge in [-0.25, -0.2) is 0 Å². The second kappa shape index (κ2) is 4.55. The van der Waals surface area contributed by atoms with E-state index in [0.29, 0.717) is 11.5 Å². The van der Waals surface area contributed by atoms with Gasteiger partial charge < -0.3 is 5.32 Å². The molecule has 17 heavy (non-hydrogen) atoms. The van der Waals surface area contributed by atoms with E-state index in [2.05, 4.69) is 51.8 Å². The van der Waals surface area contributed by atoms with Crippen LogP contribution >= 0.6 is 0 Å². The van der Waals surface area contributed by atoms with Crippen molar-refractivity contribution in [2.45, 2.75) is 66.1 Å². The molecule has 2 nitrogen and oxygen atoms in total. The van der Waals surface area contributed by atoms with Crippen LogP contribution in [-0.4, -0.2) is 36.1 Å². The second-order valence-corrected chi connectivity index (χ2v) is 7.48. The smallest absolute Gasteiger partial charge is 0.0247 e. The van der Waals surface area contributed by atoms with Crippen molar-refractivity contribution in [2.75, 3.05) is 13.1 Å². The maximum Gasteiger partial charge on any atom is 0.0247 e. The highest BCUT2D eigenvalue weighted by molar-refractivity contribution is 5.07. The van der Waals surface area contributed by atoms with Gasteiger partial charge in [-0.2, -0.15) is 0 Å². The van der Waals surface area contributed by atoms with Crippen molar-refractivity contribution in [3.05, 3.63) is 0 Å². The van der Waals surface area contributed by atoms with Gasteiger partial charge in [-0.05, 0) is 23.7 Å². The van der Waals surface area contributed by atoms with E-state index in [9.17, 15) is 0 Å². The molecule has 0 bridgehead atoms. The first-order chi connectivity index (χ1) is 7.83. The summed E-state index contributed by atoms with van der Waals surface area (Å²) < 4.78 is 0. The molecule has 0 spiro atoms. The van der Waals surface area contributed by atoms with E-state index in [4.69, 9.17) is 0 Å². The minimum Gasteiger partial charge on any atom is -0.311 e. The van der Waals surface area contributed by atoms with Crippen molar-refractivity contribution in [1.29, 1.82) is 0 Å². The third kappa shape index (κ3) is 2.68. The zero-order valence-electron chi connectivity index (χ0n) is 12.5. The van der Waals surface area contributed by atoms with Crippen LogP contribution in [0, 0.1) is 17.3 Å². The maximum absolute atomic E-state index is 3.75. The van der Waals surface area contributed by atoms with Gasteiger partial charge in [0, 0.05) is 31.2 Å². The molecule has 1 N–H and O–H groups in total. The van der Waals surface area contributed by atoms with E-state index < -0.39 is 0 Å². The molecule has 1 heterocycles. The highest BCUT2D eigenvalue weighted by Gasteiger charge is 2.52. The zero-order chi connectivity index (χ0) is 12.8. The molecule has 0 aromatic carbocycles. The molecule has 0 amide bonds. The molecular formula is C15H30N2. The van der Waals surface area contributed by atoms with Crippen LogP contribution in [0.2, 0.25) is 0 Å². The zero-order valence-corrected chi connectivity index (χ0v) is 12.5. The van der Waals surface area contributed by atoms with Gasteiger partial charge in [0.2, 0.25) is 0 Å². The fraction of sp³-hybridized carbons (Fsp3) is 1.00. The quantitative estimate of drug-likeness (QED) is 0.813. The Balaban J connectivity index is 2.06. The molecule has 0 aromatic rings. The van der Waals surface area contributed by atoms with Crippen LogP contribution in [0.4, 0.5) is 0 Å². The summed E-state index contributed by atoms with van der Waals surface area (Å²) in [6, 6.07) is 2.25. The molecule has 1 aliphatic carbocycles. The monoisotopic (exact) mass is 238 g/mol. The Morgan fingerprint density at radius 2 is 1.71 bits per heavy atom. The highest BCUT2D eigenvalue weighted by Crippen LogP contribution is 2.50. The van der Waals surface area contributed by atoms with E-state index in [1.807, 2.05) is 0 Å². The number of nitrogens with one attached hydrogen (secondary N) is 1. The third-order valence-electron chi connectivity index (χ3n) is 4.86. The molecule has 0 radical (unpaired) electrons. The summed E-state index contributed by atoms with van der Waals surface area (Å²) in [6.07, 6.45) is 1.39. The van der Waals surface area contributed by atoms with E-state index in [1.54, 1.807) is 0 Å². The fourth-order valence-electron chi connectivity index (χ4n) is 3.25. The molecule has 2 heteroatoms. The van der Waals surface area contributed by atoms with Gasteiger partial charge in [0.1, 0.15) is 0 Å². The van der Waals surface area contributed by atoms with Gasteiger partial charge in [0.15, 0.2) is 0 Å². The number of nitrogens with zero attached hydrogens (tertiary/aromatic N) is 1. The van der Waals surface area contributed by atoms with Crippen molar-refractivity contribution in [2.24, 2.45) is 17.3 Å². The first-order valence-electron chi connectivity index (χ1n) is 7.32. The Morgan fingerprint density at radius 1 is 1.12 bits per heavy atom. The summed E-state index contributed by atoms with van der Waals surface area (Å²) in [5, 5.41) is 3.75. The first kappa shape index (κ1) is 13.4. The fourth-order valence-corrected chi connectivity index (χ4v) is 3.25. The lowest BCUT2D eigenvalue weighted by atomic mass is 9.93. The summed E-state index contributed by atoms with van der Waals surface area (Å²) in [5.74, 6) is 1.50. The molecule has 1 saturated heterocycles. The first-order valence-corrected chi connectivity index (χ1v) is 7.32. The molecule has 2 rings (SSSR count). The predicted octanol–water partition coefficient (Wildman–Crippen LogP) is 2.74. The van der Waals surface area contributed by atoms with Crippen LogP contribution in [0.1, 0.15) is 48.0 Å². The van der Waals surface area contributed by atoms with Crippen molar-refractivity contribution < 1.29 is 0 Å². The van der Waals surface area contributed by atoms with E-state index in [0.717, 1.165) is 23.9 Å². The standard InChI is InChI=1S/C15H30N2/c1-10(2)12-9-17(14-7-15(14,5)6)13(8-16-12)11(3)4/h10-14,16H,7-9H2,1-6H3. The third-order valence-corrected chi connectivity index (χ3v) is 4.86. The lowest BCUT2D eigenvalue weighted by Crippen LogP contribution is -2.60. The second-order valence-electron chi connectivity index (χ2n) is 7.48. The Morgan fingerprint density at radius 3 is 2.12 bits per heavy atom. The molecule has 2 fully saturated rings. The maximum atomic E-state index is 3.75. The SMILES string of the molecule is CC(C)C1CN(C2CC2(C)C)C(C(C)C)CN1. The van der Waals surface area contributed by atoms with Crippen molar-refractivity contribution >= 4 is 0 Å². The van der Waals surface area contributed by atoms with Gasteiger partial charge >= 0.3 is 0 Å². The van der Waals surface area contributed by atoms with Crippen LogP contribution in [0.25, 0.3) is 0 Å². The normalized spacial score (nSPS) is 37.8. The van der Waals surface area contributed by atoms with E-state index >= 15 is 0 Å². The number of hydrogen-bond acceptors (Lipinski definition) is 2. The van der Waals surface area contributed by atoms with Crippen LogP contribution in [0.5, 0.6) is 0 Å². The summed E-state index contributed by atoms with van der Waals surface area (Å²) in [5.41, 5.74) is 0.562. The minimum absolute atomic E-state index is 0.562. The van der Waals surface area contributed by atoms with Gasteiger partial charge in [-0.1, -0.05) is 41.5 Å². The van der Waals surface area contributed by atoms with Crippen LogP contribution in [0.3, 0.4) is 0 Å². The predicted molar refractivity (Wildman–Crippen MR) is 74.1 cm³/mol. The summed E-state index contributed by atoms with van der Waals surface area (Å²) in [6.45, 7) is 16.7. The molecule has 3 atom stereocenters. The molecule has 2 aliphatic rings. The lowest BCUT2D eigenvalue weighted by Gasteiger charge is -2.44. The lowest BCUT2D eigenvalue weighted by molar-refractivity contribution is 0.0673. The van der Waals surface area contributed by atoms with Crippen molar-refractivity contribution in [3.63, 3.8) is 0 Å². The Hall–Kier alpha value is -0.0800. The molecule has 1 aliphatic heterocycles. The van der Waals surface area contributed by atoms with Crippen LogP contribution in [0.15, 0.2) is 0 Å². The van der Waals surface area contributed by atoms with Crippen molar-refractivity contribution in [3.8, 4) is 0 Å². The Bertz CT molecular complexity index is 270. The summed E-state index contributed by atoms with van der Waals surface area (Å²) >= 11 is 0. The highest BCUT2D eigenvalue weighted by atomic mass is 15.3. The van der Waals surface area contributed by atoms with Gasteiger partial charge in [0.25, 0.3) is 0 Å².